The fourth-order valence-electron chi connectivity index (χ4n) is 3.45. The van der Waals surface area contributed by atoms with Gasteiger partial charge < -0.3 is 15.4 Å². The van der Waals surface area contributed by atoms with E-state index in [0.717, 1.165) is 35.3 Å². The van der Waals surface area contributed by atoms with E-state index in [1.807, 2.05) is 25.1 Å². The number of fused-ring (bicyclic) bond motifs is 1. The first kappa shape index (κ1) is 15.9. The predicted octanol–water partition coefficient (Wildman–Crippen LogP) is 0.782. The predicted molar refractivity (Wildman–Crippen MR) is 94.6 cm³/mol. The Kier molecular flexibility index (Phi) is 4.27. The lowest BCUT2D eigenvalue weighted by Gasteiger charge is -2.37. The van der Waals surface area contributed by atoms with Gasteiger partial charge in [-0.2, -0.15) is 5.10 Å². The molecule has 3 heterocycles. The third-order valence-electron chi connectivity index (χ3n) is 4.68. The molecule has 1 aromatic heterocycles. The number of aliphatic imine (C=N–C) groups is 1. The van der Waals surface area contributed by atoms with Crippen LogP contribution in [0.25, 0.3) is 10.9 Å². The number of rotatable bonds is 4. The highest BCUT2D eigenvalue weighted by atomic mass is 16.5. The summed E-state index contributed by atoms with van der Waals surface area (Å²) in [5, 5.41) is 14.7. The summed E-state index contributed by atoms with van der Waals surface area (Å²) in [5.41, 5.74) is 1.89. The van der Waals surface area contributed by atoms with E-state index in [9.17, 15) is 4.79 Å². The second kappa shape index (κ2) is 6.72. The maximum atomic E-state index is 11.7. The van der Waals surface area contributed by atoms with Crippen LogP contribution in [0.3, 0.4) is 0 Å². The molecule has 4 rings (SSSR count). The zero-order valence-electron chi connectivity index (χ0n) is 14.2. The van der Waals surface area contributed by atoms with E-state index in [4.69, 9.17) is 4.74 Å². The van der Waals surface area contributed by atoms with Gasteiger partial charge in [-0.3, -0.25) is 19.8 Å². The number of aromatic nitrogens is 2. The number of aromatic amines is 1. The number of carbonyl (C=O) groups is 1. The van der Waals surface area contributed by atoms with Crippen LogP contribution in [0.2, 0.25) is 0 Å². The van der Waals surface area contributed by atoms with Crippen molar-refractivity contribution in [2.24, 2.45) is 4.99 Å². The summed E-state index contributed by atoms with van der Waals surface area (Å²) in [7, 11) is 0. The van der Waals surface area contributed by atoms with Crippen LogP contribution in [0, 0.1) is 0 Å². The maximum absolute atomic E-state index is 11.7. The topological polar surface area (TPSA) is 94.6 Å². The van der Waals surface area contributed by atoms with Gasteiger partial charge in [0.1, 0.15) is 5.75 Å². The molecule has 0 saturated carbocycles. The van der Waals surface area contributed by atoms with Crippen LogP contribution in [0.5, 0.6) is 5.75 Å². The van der Waals surface area contributed by atoms with Crippen molar-refractivity contribution in [2.45, 2.75) is 25.6 Å². The van der Waals surface area contributed by atoms with Crippen LogP contribution in [-0.4, -0.2) is 59.7 Å². The Labute approximate surface area is 145 Å². The summed E-state index contributed by atoms with van der Waals surface area (Å²) in [6.45, 7) is 4.53. The highest BCUT2D eigenvalue weighted by Crippen LogP contribution is 2.31. The highest BCUT2D eigenvalue weighted by molar-refractivity contribution is 5.83. The van der Waals surface area contributed by atoms with Crippen LogP contribution in [-0.2, 0) is 4.79 Å². The number of nitrogens with one attached hydrogen (secondary N) is 3. The molecular weight excluding hydrogens is 320 g/mol. The van der Waals surface area contributed by atoms with Crippen molar-refractivity contribution in [1.29, 1.82) is 0 Å². The third kappa shape index (κ3) is 3.17. The van der Waals surface area contributed by atoms with E-state index in [1.165, 1.54) is 0 Å². The first-order valence-corrected chi connectivity index (χ1v) is 8.64. The Morgan fingerprint density at radius 2 is 2.32 bits per heavy atom. The van der Waals surface area contributed by atoms with Gasteiger partial charge in [0.25, 0.3) is 0 Å². The van der Waals surface area contributed by atoms with Crippen molar-refractivity contribution in [3.8, 4) is 5.75 Å². The Hall–Kier alpha value is -2.61. The fourth-order valence-corrected chi connectivity index (χ4v) is 3.45. The molecule has 132 valence electrons. The van der Waals surface area contributed by atoms with Crippen molar-refractivity contribution in [2.75, 3.05) is 26.2 Å². The lowest BCUT2D eigenvalue weighted by Crippen LogP contribution is -2.56. The first-order chi connectivity index (χ1) is 12.2. The summed E-state index contributed by atoms with van der Waals surface area (Å²) >= 11 is 0. The number of nitrogens with zero attached hydrogens (tertiary/aromatic N) is 3. The first-order valence-electron chi connectivity index (χ1n) is 8.64. The van der Waals surface area contributed by atoms with E-state index in [-0.39, 0.29) is 18.1 Å². The molecule has 8 heteroatoms. The molecule has 3 N–H and O–H groups in total. The minimum absolute atomic E-state index is 0.0295. The third-order valence-corrected chi connectivity index (χ3v) is 4.68. The molecule has 8 nitrogen and oxygen atoms in total. The highest BCUT2D eigenvalue weighted by Gasteiger charge is 2.30. The maximum Gasteiger partial charge on any atom is 0.234 e. The number of carbonyl (C=O) groups excluding carboxylic acids is 1. The number of ether oxygens (including phenoxy) is 1. The molecule has 2 aliphatic heterocycles. The number of H-pyrrole nitrogens is 1. The van der Waals surface area contributed by atoms with E-state index >= 15 is 0 Å². The molecule has 0 radical (unpaired) electrons. The van der Waals surface area contributed by atoms with Gasteiger partial charge in [-0.25, -0.2) is 0 Å². The normalized spacial score (nSPS) is 24.1. The smallest absolute Gasteiger partial charge is 0.234 e. The molecule has 0 bridgehead atoms. The van der Waals surface area contributed by atoms with Gasteiger partial charge in [-0.05, 0) is 25.1 Å². The van der Waals surface area contributed by atoms with E-state index in [2.05, 4.69) is 30.7 Å². The van der Waals surface area contributed by atoms with Gasteiger partial charge in [-0.1, -0.05) is 0 Å². The molecule has 2 aliphatic rings. The lowest BCUT2D eigenvalue weighted by atomic mass is 10.0. The van der Waals surface area contributed by atoms with Gasteiger partial charge in [-0.15, -0.1) is 0 Å². The van der Waals surface area contributed by atoms with E-state index in [0.29, 0.717) is 19.7 Å². The Bertz CT molecular complexity index is 802. The van der Waals surface area contributed by atoms with Gasteiger partial charge in [0.2, 0.25) is 5.91 Å². The zero-order chi connectivity index (χ0) is 17.2. The van der Waals surface area contributed by atoms with Crippen molar-refractivity contribution in [3.05, 3.63) is 23.9 Å². The fraction of sp³-hybridized carbons (Fsp3) is 0.471. The lowest BCUT2D eigenvalue weighted by molar-refractivity contribution is -0.125. The van der Waals surface area contributed by atoms with Gasteiger partial charge in [0.15, 0.2) is 0 Å². The number of benzene rings is 1. The minimum atomic E-state index is -0.0295. The molecular formula is C17H22N6O2. The molecule has 1 saturated heterocycles. The largest absolute Gasteiger partial charge is 0.494 e. The summed E-state index contributed by atoms with van der Waals surface area (Å²) < 4.78 is 5.61. The number of hydrogen-bond acceptors (Lipinski definition) is 6. The zero-order valence-corrected chi connectivity index (χ0v) is 14.2. The molecule has 2 atom stereocenters. The van der Waals surface area contributed by atoms with E-state index < -0.39 is 0 Å². The summed E-state index contributed by atoms with van der Waals surface area (Å²) in [6.07, 6.45) is 2.60. The van der Waals surface area contributed by atoms with Gasteiger partial charge >= 0.3 is 0 Å². The molecule has 1 aromatic carbocycles. The second-order valence-corrected chi connectivity index (χ2v) is 6.28. The van der Waals surface area contributed by atoms with Crippen molar-refractivity contribution in [3.63, 3.8) is 0 Å². The SMILES string of the molecule is CCOc1ccc2n[nH]c(C3CC(N4CCNC(=O)C4)NC=N3)c2c1. The van der Waals surface area contributed by atoms with Crippen molar-refractivity contribution >= 4 is 23.1 Å². The average molecular weight is 342 g/mol. The van der Waals surface area contributed by atoms with Crippen LogP contribution in [0.15, 0.2) is 23.2 Å². The summed E-state index contributed by atoms with van der Waals surface area (Å²) in [6, 6.07) is 5.87. The Morgan fingerprint density at radius 3 is 3.16 bits per heavy atom. The number of hydrogen-bond donors (Lipinski definition) is 3. The monoisotopic (exact) mass is 342 g/mol. The molecule has 1 amide bonds. The van der Waals surface area contributed by atoms with Crippen molar-refractivity contribution in [1.82, 2.24) is 25.7 Å². The quantitative estimate of drug-likeness (QED) is 0.763. The average Bonchev–Trinajstić information content (AvgIpc) is 3.05. The number of piperazine rings is 1. The molecule has 2 aromatic rings. The summed E-state index contributed by atoms with van der Waals surface area (Å²) in [5.74, 6) is 0.903. The molecule has 25 heavy (non-hydrogen) atoms. The molecule has 2 unspecified atom stereocenters. The Morgan fingerprint density at radius 1 is 1.40 bits per heavy atom. The minimum Gasteiger partial charge on any atom is -0.494 e. The van der Waals surface area contributed by atoms with Crippen LogP contribution in [0.1, 0.15) is 25.1 Å². The summed E-state index contributed by atoms with van der Waals surface area (Å²) in [4.78, 5) is 18.4. The molecule has 0 aliphatic carbocycles. The number of amides is 1. The standard InChI is InChI=1S/C17H22N6O2/c1-2-25-11-3-4-13-12(7-11)17(22-21-13)14-8-15(20-10-19-14)23-6-5-18-16(24)9-23/h3-4,7,10,14-15H,2,5-6,8-9H2,1H3,(H,18,24)(H,19,20)(H,21,22). The molecule has 1 fully saturated rings. The van der Waals surface area contributed by atoms with Crippen molar-refractivity contribution < 1.29 is 9.53 Å². The molecule has 0 spiro atoms. The van der Waals surface area contributed by atoms with Gasteiger partial charge in [0, 0.05) is 24.9 Å². The van der Waals surface area contributed by atoms with Crippen LogP contribution < -0.4 is 15.4 Å². The van der Waals surface area contributed by atoms with Crippen LogP contribution in [0.4, 0.5) is 0 Å². The van der Waals surface area contributed by atoms with E-state index in [1.54, 1.807) is 6.34 Å². The van der Waals surface area contributed by atoms with Gasteiger partial charge in [0.05, 0.1) is 42.9 Å². The van der Waals surface area contributed by atoms with Crippen LogP contribution >= 0.6 is 0 Å². The Balaban J connectivity index is 1.58. The second-order valence-electron chi connectivity index (χ2n) is 6.28.